The molecule has 0 aromatic carbocycles. The maximum Gasteiger partial charge on any atom is 0.306 e. The van der Waals surface area contributed by atoms with Crippen molar-refractivity contribution in [3.05, 3.63) is 0 Å². The maximum atomic E-state index is 10.9. The van der Waals surface area contributed by atoms with Gasteiger partial charge in [0.2, 0.25) is 0 Å². The molecule has 0 bridgehead atoms. The lowest BCUT2D eigenvalue weighted by Gasteiger charge is -2.21. The largest absolute Gasteiger partial charge is 0.469 e. The minimum absolute atomic E-state index is 0.105. The first kappa shape index (κ1) is 11.4. The number of carbonyl (C=O) groups is 1. The highest BCUT2D eigenvalue weighted by molar-refractivity contribution is 5.69. The molecule has 0 saturated carbocycles. The van der Waals surface area contributed by atoms with Crippen molar-refractivity contribution in [3.63, 3.8) is 0 Å². The summed E-state index contributed by atoms with van der Waals surface area (Å²) in [7, 11) is 1.39. The molecule has 0 aliphatic heterocycles. The van der Waals surface area contributed by atoms with Crippen molar-refractivity contribution in [2.45, 2.75) is 26.7 Å². The Balaban J connectivity index is 3.77. The van der Waals surface area contributed by atoms with E-state index in [-0.39, 0.29) is 11.4 Å². The quantitative estimate of drug-likeness (QED) is 0.497. The van der Waals surface area contributed by atoms with E-state index >= 15 is 0 Å². The molecular formula is C8H17NO3. The van der Waals surface area contributed by atoms with Crippen LogP contribution in [0.15, 0.2) is 0 Å². The van der Waals surface area contributed by atoms with Crippen molar-refractivity contribution in [1.29, 1.82) is 0 Å². The van der Waals surface area contributed by atoms with Gasteiger partial charge in [-0.25, -0.2) is 5.90 Å². The summed E-state index contributed by atoms with van der Waals surface area (Å²) in [6.45, 7) is 4.41. The van der Waals surface area contributed by atoms with E-state index in [4.69, 9.17) is 5.90 Å². The molecule has 0 aliphatic carbocycles. The van der Waals surface area contributed by atoms with E-state index in [1.165, 1.54) is 7.11 Å². The van der Waals surface area contributed by atoms with Gasteiger partial charge in [0.25, 0.3) is 0 Å². The predicted octanol–water partition coefficient (Wildman–Crippen LogP) is 0.856. The summed E-state index contributed by atoms with van der Waals surface area (Å²) in [6.07, 6.45) is 1.14. The molecule has 0 aromatic heterocycles. The second-order valence-corrected chi connectivity index (χ2v) is 3.54. The smallest absolute Gasteiger partial charge is 0.306 e. The third-order valence-corrected chi connectivity index (χ3v) is 1.75. The van der Waals surface area contributed by atoms with Gasteiger partial charge in [0, 0.05) is 0 Å². The Hall–Kier alpha value is -0.610. The number of esters is 1. The number of rotatable bonds is 5. The number of ether oxygens (including phenoxy) is 1. The first-order valence-corrected chi connectivity index (χ1v) is 3.90. The molecule has 4 nitrogen and oxygen atoms in total. The molecule has 0 saturated heterocycles. The van der Waals surface area contributed by atoms with Gasteiger partial charge in [0.05, 0.1) is 20.1 Å². The fourth-order valence-corrected chi connectivity index (χ4v) is 0.887. The SMILES string of the molecule is COC(=O)CC(C)(C)CCON. The third-order valence-electron chi connectivity index (χ3n) is 1.75. The summed E-state index contributed by atoms with van der Waals surface area (Å²) >= 11 is 0. The van der Waals surface area contributed by atoms with Gasteiger partial charge >= 0.3 is 5.97 Å². The van der Waals surface area contributed by atoms with Gasteiger partial charge in [-0.2, -0.15) is 0 Å². The minimum atomic E-state index is -0.197. The average molecular weight is 175 g/mol. The van der Waals surface area contributed by atoms with Crippen molar-refractivity contribution < 1.29 is 14.4 Å². The van der Waals surface area contributed by atoms with E-state index in [1.807, 2.05) is 13.8 Å². The monoisotopic (exact) mass is 175 g/mol. The zero-order chi connectivity index (χ0) is 9.61. The highest BCUT2D eigenvalue weighted by atomic mass is 16.6. The highest BCUT2D eigenvalue weighted by Crippen LogP contribution is 2.24. The highest BCUT2D eigenvalue weighted by Gasteiger charge is 2.21. The van der Waals surface area contributed by atoms with Gasteiger partial charge in [-0.05, 0) is 11.8 Å². The number of hydrogen-bond acceptors (Lipinski definition) is 4. The molecule has 0 unspecified atom stereocenters. The Kier molecular flexibility index (Phi) is 4.85. The van der Waals surface area contributed by atoms with E-state index in [0.717, 1.165) is 6.42 Å². The minimum Gasteiger partial charge on any atom is -0.469 e. The first-order chi connectivity index (χ1) is 5.52. The fourth-order valence-electron chi connectivity index (χ4n) is 0.887. The van der Waals surface area contributed by atoms with Crippen LogP contribution < -0.4 is 5.90 Å². The number of methoxy groups -OCH3 is 1. The molecule has 12 heavy (non-hydrogen) atoms. The standard InChI is InChI=1S/C8H17NO3/c1-8(2,4-5-12-9)6-7(10)11-3/h4-6,9H2,1-3H3. The van der Waals surface area contributed by atoms with Crippen molar-refractivity contribution in [2.24, 2.45) is 11.3 Å². The number of hydrogen-bond donors (Lipinski definition) is 1. The van der Waals surface area contributed by atoms with Crippen LogP contribution >= 0.6 is 0 Å². The molecule has 72 valence electrons. The van der Waals surface area contributed by atoms with Crippen LogP contribution in [0.1, 0.15) is 26.7 Å². The molecule has 0 radical (unpaired) electrons. The molecule has 0 fully saturated rings. The molecule has 0 atom stereocenters. The van der Waals surface area contributed by atoms with E-state index < -0.39 is 0 Å². The van der Waals surface area contributed by atoms with Gasteiger partial charge in [-0.15, -0.1) is 0 Å². The van der Waals surface area contributed by atoms with Gasteiger partial charge in [0.15, 0.2) is 0 Å². The molecule has 2 N–H and O–H groups in total. The predicted molar refractivity (Wildman–Crippen MR) is 45.2 cm³/mol. The molecule has 0 aliphatic rings. The Morgan fingerprint density at radius 3 is 2.50 bits per heavy atom. The normalized spacial score (nSPS) is 11.3. The van der Waals surface area contributed by atoms with Crippen LogP contribution in [0.5, 0.6) is 0 Å². The van der Waals surface area contributed by atoms with Crippen molar-refractivity contribution in [1.82, 2.24) is 0 Å². The third kappa shape index (κ3) is 5.09. The number of carbonyl (C=O) groups excluding carboxylic acids is 1. The van der Waals surface area contributed by atoms with Crippen LogP contribution in [-0.2, 0) is 14.4 Å². The lowest BCUT2D eigenvalue weighted by molar-refractivity contribution is -0.143. The lowest BCUT2D eigenvalue weighted by Crippen LogP contribution is -2.20. The second kappa shape index (κ2) is 5.11. The maximum absolute atomic E-state index is 10.9. The van der Waals surface area contributed by atoms with Gasteiger partial charge in [-0.3, -0.25) is 4.79 Å². The zero-order valence-electron chi connectivity index (χ0n) is 7.92. The van der Waals surface area contributed by atoms with Crippen LogP contribution in [0.2, 0.25) is 0 Å². The van der Waals surface area contributed by atoms with Crippen molar-refractivity contribution in [2.75, 3.05) is 13.7 Å². The summed E-state index contributed by atoms with van der Waals surface area (Å²) < 4.78 is 4.56. The molecule has 0 spiro atoms. The van der Waals surface area contributed by atoms with E-state index in [0.29, 0.717) is 13.0 Å². The Bertz CT molecular complexity index is 145. The van der Waals surface area contributed by atoms with Gasteiger partial charge < -0.3 is 9.57 Å². The zero-order valence-corrected chi connectivity index (χ0v) is 7.92. The van der Waals surface area contributed by atoms with Crippen LogP contribution in [0, 0.1) is 5.41 Å². The van der Waals surface area contributed by atoms with Gasteiger partial charge in [-0.1, -0.05) is 13.8 Å². The Labute approximate surface area is 73.0 Å². The molecule has 4 heteroatoms. The van der Waals surface area contributed by atoms with Crippen LogP contribution in [0.25, 0.3) is 0 Å². The fraction of sp³-hybridized carbons (Fsp3) is 0.875. The summed E-state index contributed by atoms with van der Waals surface area (Å²) in [5, 5.41) is 0. The van der Waals surface area contributed by atoms with Crippen LogP contribution in [-0.4, -0.2) is 19.7 Å². The number of nitrogens with two attached hydrogens (primary N) is 1. The van der Waals surface area contributed by atoms with Crippen molar-refractivity contribution in [3.8, 4) is 0 Å². The topological polar surface area (TPSA) is 61.5 Å². The summed E-state index contributed by atoms with van der Waals surface area (Å²) in [5.74, 6) is 4.69. The first-order valence-electron chi connectivity index (χ1n) is 3.90. The van der Waals surface area contributed by atoms with Crippen LogP contribution in [0.3, 0.4) is 0 Å². The second-order valence-electron chi connectivity index (χ2n) is 3.54. The van der Waals surface area contributed by atoms with Crippen LogP contribution in [0.4, 0.5) is 0 Å². The molecule has 0 rings (SSSR count). The Morgan fingerprint density at radius 1 is 1.50 bits per heavy atom. The van der Waals surface area contributed by atoms with Crippen molar-refractivity contribution >= 4 is 5.97 Å². The van der Waals surface area contributed by atoms with Gasteiger partial charge in [0.1, 0.15) is 0 Å². The molecule has 0 aromatic rings. The molecule has 0 amide bonds. The molecule has 0 heterocycles. The summed E-state index contributed by atoms with van der Waals surface area (Å²) in [4.78, 5) is 15.3. The van der Waals surface area contributed by atoms with E-state index in [9.17, 15) is 4.79 Å². The summed E-state index contributed by atoms with van der Waals surface area (Å²) in [6, 6.07) is 0. The lowest BCUT2D eigenvalue weighted by atomic mass is 9.86. The Morgan fingerprint density at radius 2 is 2.08 bits per heavy atom. The molecular weight excluding hydrogens is 158 g/mol. The summed E-state index contributed by atoms with van der Waals surface area (Å²) in [5.41, 5.74) is -0.105. The average Bonchev–Trinajstić information content (AvgIpc) is 2.00. The van der Waals surface area contributed by atoms with E-state index in [1.54, 1.807) is 0 Å². The van der Waals surface area contributed by atoms with E-state index in [2.05, 4.69) is 9.57 Å².